The minimum absolute atomic E-state index is 0.118. The van der Waals surface area contributed by atoms with E-state index < -0.39 is 32.3 Å². The summed E-state index contributed by atoms with van der Waals surface area (Å²) in [7, 11) is -3.89. The molecule has 3 rings (SSSR count). The van der Waals surface area contributed by atoms with Crippen LogP contribution in [0.15, 0.2) is 51.1 Å². The average Bonchev–Trinajstić information content (AvgIpc) is 2.65. The number of halogens is 2. The molecule has 0 aromatic heterocycles. The molecule has 0 aliphatic carbocycles. The number of benzene rings is 2. The predicted octanol–water partition coefficient (Wildman–Crippen LogP) is 3.05. The van der Waals surface area contributed by atoms with Gasteiger partial charge in [0.25, 0.3) is 5.69 Å². The lowest BCUT2D eigenvalue weighted by atomic mass is 10.3. The maximum absolute atomic E-state index is 13.4. The molecule has 1 fully saturated rings. The Morgan fingerprint density at radius 3 is 2.41 bits per heavy atom. The zero-order valence-electron chi connectivity index (χ0n) is 13.8. The molecule has 1 aliphatic rings. The predicted molar refractivity (Wildman–Crippen MR) is 93.2 cm³/mol. The molecule has 1 heterocycles. The second kappa shape index (κ2) is 7.89. The molecule has 2 aromatic carbocycles. The van der Waals surface area contributed by atoms with Crippen molar-refractivity contribution in [3.05, 3.63) is 58.1 Å². The van der Waals surface area contributed by atoms with E-state index in [0.29, 0.717) is 0 Å². The number of sulfonamides is 1. The van der Waals surface area contributed by atoms with Crippen LogP contribution in [0, 0.1) is 21.7 Å². The molecule has 0 radical (unpaired) electrons. The molecule has 2 aromatic rings. The normalized spacial score (nSPS) is 15.6. The third-order valence-corrected chi connectivity index (χ3v) is 6.80. The Morgan fingerprint density at radius 2 is 1.78 bits per heavy atom. The fourth-order valence-electron chi connectivity index (χ4n) is 2.49. The molecule has 27 heavy (non-hydrogen) atoms. The summed E-state index contributed by atoms with van der Waals surface area (Å²) in [5.74, 6) is -2.10. The monoisotopic (exact) mass is 416 g/mol. The topological polar surface area (TPSA) is 89.8 Å². The quantitative estimate of drug-likeness (QED) is 0.550. The van der Waals surface area contributed by atoms with Crippen LogP contribution in [0.25, 0.3) is 0 Å². The van der Waals surface area contributed by atoms with E-state index in [-0.39, 0.29) is 41.0 Å². The highest BCUT2D eigenvalue weighted by atomic mass is 32.2. The lowest BCUT2D eigenvalue weighted by molar-refractivity contribution is -0.388. The minimum Gasteiger partial charge on any atom is -0.379 e. The lowest BCUT2D eigenvalue weighted by Crippen LogP contribution is -2.40. The first-order chi connectivity index (χ1) is 12.8. The van der Waals surface area contributed by atoms with Crippen molar-refractivity contribution in [3.63, 3.8) is 0 Å². The Hall–Kier alpha value is -2.08. The molecule has 0 spiro atoms. The second-order valence-electron chi connectivity index (χ2n) is 5.58. The van der Waals surface area contributed by atoms with Crippen LogP contribution in [0.5, 0.6) is 0 Å². The van der Waals surface area contributed by atoms with Crippen molar-refractivity contribution in [1.82, 2.24) is 4.31 Å². The smallest absolute Gasteiger partial charge is 0.284 e. The summed E-state index contributed by atoms with van der Waals surface area (Å²) in [6, 6.07) is 6.65. The minimum atomic E-state index is -3.89. The van der Waals surface area contributed by atoms with E-state index in [1.165, 1.54) is 22.5 Å². The van der Waals surface area contributed by atoms with E-state index >= 15 is 0 Å². The number of morpholine rings is 1. The van der Waals surface area contributed by atoms with Crippen LogP contribution < -0.4 is 0 Å². The maximum atomic E-state index is 13.4. The number of nitrogens with zero attached hydrogens (tertiary/aromatic N) is 2. The van der Waals surface area contributed by atoms with Crippen LogP contribution in [0.1, 0.15) is 0 Å². The Balaban J connectivity index is 1.95. The van der Waals surface area contributed by atoms with Crippen molar-refractivity contribution in [1.29, 1.82) is 0 Å². The van der Waals surface area contributed by atoms with Gasteiger partial charge in [0.1, 0.15) is 0 Å². The lowest BCUT2D eigenvalue weighted by Gasteiger charge is -2.26. The van der Waals surface area contributed by atoms with E-state index in [9.17, 15) is 27.3 Å². The van der Waals surface area contributed by atoms with E-state index in [1.807, 2.05) is 0 Å². The highest BCUT2D eigenvalue weighted by Gasteiger charge is 2.29. The van der Waals surface area contributed by atoms with Gasteiger partial charge in [-0.15, -0.1) is 0 Å². The summed E-state index contributed by atoms with van der Waals surface area (Å²) in [4.78, 5) is 10.9. The van der Waals surface area contributed by atoms with Gasteiger partial charge in [-0.05, 0) is 30.3 Å². The number of nitro groups is 1. The van der Waals surface area contributed by atoms with Crippen LogP contribution in [0.3, 0.4) is 0 Å². The molecule has 11 heteroatoms. The number of nitro benzene ring substituents is 1. The summed E-state index contributed by atoms with van der Waals surface area (Å²) in [6.45, 7) is 0.847. The highest BCUT2D eigenvalue weighted by Crippen LogP contribution is 2.37. The molecule has 144 valence electrons. The van der Waals surface area contributed by atoms with E-state index in [4.69, 9.17) is 4.74 Å². The van der Waals surface area contributed by atoms with E-state index in [2.05, 4.69) is 0 Å². The molecule has 0 amide bonds. The van der Waals surface area contributed by atoms with Gasteiger partial charge in [-0.25, -0.2) is 17.2 Å². The van der Waals surface area contributed by atoms with Crippen molar-refractivity contribution in [3.8, 4) is 0 Å². The average molecular weight is 416 g/mol. The van der Waals surface area contributed by atoms with Gasteiger partial charge >= 0.3 is 0 Å². The number of ether oxygens (including phenoxy) is 1. The van der Waals surface area contributed by atoms with Gasteiger partial charge in [0.05, 0.1) is 27.9 Å². The van der Waals surface area contributed by atoms with Crippen LogP contribution in [0.4, 0.5) is 14.5 Å². The van der Waals surface area contributed by atoms with Crippen molar-refractivity contribution in [2.24, 2.45) is 0 Å². The Bertz CT molecular complexity index is 979. The molecular formula is C16H14F2N2O5S2. The van der Waals surface area contributed by atoms with Gasteiger partial charge in [0.15, 0.2) is 11.6 Å². The largest absolute Gasteiger partial charge is 0.379 e. The van der Waals surface area contributed by atoms with Gasteiger partial charge in [0.2, 0.25) is 10.0 Å². The number of hydrogen-bond donors (Lipinski definition) is 0. The zero-order chi connectivity index (χ0) is 19.6. The molecule has 0 saturated carbocycles. The first kappa shape index (κ1) is 19.7. The molecule has 0 bridgehead atoms. The molecule has 0 N–H and O–H groups in total. The highest BCUT2D eigenvalue weighted by molar-refractivity contribution is 7.99. The first-order valence-corrected chi connectivity index (χ1v) is 10.0. The SMILES string of the molecule is O=[N+]([O-])c1cc(S(=O)(=O)N2CCOCC2)ccc1Sc1ccc(F)c(F)c1. The summed E-state index contributed by atoms with van der Waals surface area (Å²) in [5.41, 5.74) is -0.431. The molecule has 1 aliphatic heterocycles. The fraction of sp³-hybridized carbons (Fsp3) is 0.250. The van der Waals surface area contributed by atoms with Gasteiger partial charge < -0.3 is 4.74 Å². The van der Waals surface area contributed by atoms with Crippen molar-refractivity contribution < 1.29 is 26.9 Å². The molecule has 0 unspecified atom stereocenters. The first-order valence-electron chi connectivity index (χ1n) is 7.78. The summed E-state index contributed by atoms with van der Waals surface area (Å²) >= 11 is 0.844. The van der Waals surface area contributed by atoms with Crippen LogP contribution >= 0.6 is 11.8 Å². The molecule has 0 atom stereocenters. The molecular weight excluding hydrogens is 402 g/mol. The van der Waals surface area contributed by atoms with Crippen molar-refractivity contribution >= 4 is 27.5 Å². The fourth-order valence-corrected chi connectivity index (χ4v) is 4.84. The van der Waals surface area contributed by atoms with Gasteiger partial charge in [-0.2, -0.15) is 4.31 Å². The standard InChI is InChI=1S/C16H14F2N2O5S2/c17-13-3-1-11(9-14(13)18)26-16-4-2-12(10-15(16)20(21)22)27(23,24)19-5-7-25-8-6-19/h1-4,9-10H,5-8H2. The Morgan fingerprint density at radius 1 is 1.07 bits per heavy atom. The zero-order valence-corrected chi connectivity index (χ0v) is 15.4. The summed E-state index contributed by atoms with van der Waals surface area (Å²) in [5, 5.41) is 11.4. The van der Waals surface area contributed by atoms with Gasteiger partial charge in [-0.3, -0.25) is 10.1 Å². The number of hydrogen-bond acceptors (Lipinski definition) is 6. The summed E-state index contributed by atoms with van der Waals surface area (Å²) < 4.78 is 58.0. The van der Waals surface area contributed by atoms with Crippen molar-refractivity contribution in [2.45, 2.75) is 14.7 Å². The Labute approximate surface area is 158 Å². The number of rotatable bonds is 5. The third-order valence-electron chi connectivity index (χ3n) is 3.85. The maximum Gasteiger partial charge on any atom is 0.284 e. The van der Waals surface area contributed by atoms with Crippen LogP contribution in [0.2, 0.25) is 0 Å². The summed E-state index contributed by atoms with van der Waals surface area (Å²) in [6.07, 6.45) is 0. The van der Waals surface area contributed by atoms with Gasteiger partial charge in [0, 0.05) is 24.1 Å². The van der Waals surface area contributed by atoms with Crippen molar-refractivity contribution in [2.75, 3.05) is 26.3 Å². The molecule has 1 saturated heterocycles. The Kier molecular flexibility index (Phi) is 5.75. The van der Waals surface area contributed by atoms with Crippen LogP contribution in [-0.4, -0.2) is 43.9 Å². The van der Waals surface area contributed by atoms with Crippen LogP contribution in [-0.2, 0) is 14.8 Å². The van der Waals surface area contributed by atoms with Gasteiger partial charge in [-0.1, -0.05) is 11.8 Å². The van der Waals surface area contributed by atoms with E-state index in [0.717, 1.165) is 30.0 Å². The van der Waals surface area contributed by atoms with E-state index in [1.54, 1.807) is 0 Å². The molecule has 7 nitrogen and oxygen atoms in total. The third kappa shape index (κ3) is 4.26. The second-order valence-corrected chi connectivity index (χ2v) is 8.63.